The number of aromatic nitrogens is 1. The number of aliphatic carboxylic acids is 1. The van der Waals surface area contributed by atoms with Crippen molar-refractivity contribution in [3.63, 3.8) is 0 Å². The van der Waals surface area contributed by atoms with Crippen LogP contribution in [0.2, 0.25) is 0 Å². The molecular formula is C11H15N3O4. The van der Waals surface area contributed by atoms with Crippen LogP contribution in [0, 0.1) is 23.0 Å². The number of hydrogen-bond acceptors (Lipinski definition) is 5. The zero-order chi connectivity index (χ0) is 13.9. The highest BCUT2D eigenvalue weighted by molar-refractivity contribution is 5.70. The third kappa shape index (κ3) is 3.16. The van der Waals surface area contributed by atoms with Crippen molar-refractivity contribution in [1.29, 1.82) is 0 Å². The van der Waals surface area contributed by atoms with Gasteiger partial charge in [0, 0.05) is 25.9 Å². The second-order valence-electron chi connectivity index (χ2n) is 4.23. The maximum absolute atomic E-state index is 10.9. The molecule has 7 heteroatoms. The van der Waals surface area contributed by atoms with Crippen LogP contribution in [0.25, 0.3) is 0 Å². The maximum Gasteiger partial charge on any atom is 0.311 e. The predicted octanol–water partition coefficient (Wildman–Crippen LogP) is 1.46. The quantitative estimate of drug-likeness (QED) is 0.630. The van der Waals surface area contributed by atoms with Crippen molar-refractivity contribution in [2.24, 2.45) is 5.92 Å². The van der Waals surface area contributed by atoms with Crippen LogP contribution in [-0.2, 0) is 4.79 Å². The second kappa shape index (κ2) is 5.44. The Kier molecular flexibility index (Phi) is 4.19. The van der Waals surface area contributed by atoms with Gasteiger partial charge in [0.1, 0.15) is 0 Å². The molecular weight excluding hydrogens is 238 g/mol. The molecule has 0 aliphatic rings. The Balaban J connectivity index is 3.01. The van der Waals surface area contributed by atoms with Crippen LogP contribution in [0.3, 0.4) is 0 Å². The molecule has 7 nitrogen and oxygen atoms in total. The van der Waals surface area contributed by atoms with Gasteiger partial charge in [-0.25, -0.2) is 4.98 Å². The van der Waals surface area contributed by atoms with Crippen molar-refractivity contribution in [3.8, 4) is 0 Å². The summed E-state index contributed by atoms with van der Waals surface area (Å²) in [7, 11) is 1.59. The van der Waals surface area contributed by atoms with Gasteiger partial charge in [-0.15, -0.1) is 0 Å². The van der Waals surface area contributed by atoms with Gasteiger partial charge in [0.25, 0.3) is 0 Å². The molecule has 0 radical (unpaired) electrons. The first-order valence-electron chi connectivity index (χ1n) is 5.38. The van der Waals surface area contributed by atoms with Crippen LogP contribution in [0.15, 0.2) is 12.3 Å². The van der Waals surface area contributed by atoms with Gasteiger partial charge >= 0.3 is 11.7 Å². The molecule has 0 saturated heterocycles. The lowest BCUT2D eigenvalue weighted by Gasteiger charge is -2.20. The Hall–Kier alpha value is -2.18. The van der Waals surface area contributed by atoms with Gasteiger partial charge < -0.3 is 10.0 Å². The number of anilines is 1. The van der Waals surface area contributed by atoms with Crippen LogP contribution in [-0.4, -0.2) is 34.6 Å². The summed E-state index contributed by atoms with van der Waals surface area (Å²) < 4.78 is 0. The average Bonchev–Trinajstić information content (AvgIpc) is 2.28. The first kappa shape index (κ1) is 13.9. The van der Waals surface area contributed by atoms with Crippen molar-refractivity contribution in [3.05, 3.63) is 27.9 Å². The van der Waals surface area contributed by atoms with E-state index in [1.165, 1.54) is 17.2 Å². The van der Waals surface area contributed by atoms with Gasteiger partial charge in [-0.3, -0.25) is 14.9 Å². The van der Waals surface area contributed by atoms with Crippen molar-refractivity contribution < 1.29 is 14.8 Å². The molecule has 1 aromatic heterocycles. The largest absolute Gasteiger partial charge is 0.481 e. The molecule has 1 unspecified atom stereocenters. The van der Waals surface area contributed by atoms with E-state index >= 15 is 0 Å². The summed E-state index contributed by atoms with van der Waals surface area (Å²) in [6.07, 6.45) is 1.52. The van der Waals surface area contributed by atoms with Gasteiger partial charge in [0.15, 0.2) is 0 Å². The molecule has 98 valence electrons. The Morgan fingerprint density at radius 2 is 2.28 bits per heavy atom. The Morgan fingerprint density at radius 3 is 2.78 bits per heavy atom. The van der Waals surface area contributed by atoms with E-state index in [9.17, 15) is 14.9 Å². The van der Waals surface area contributed by atoms with E-state index in [4.69, 9.17) is 5.11 Å². The molecule has 0 spiro atoms. The zero-order valence-corrected chi connectivity index (χ0v) is 10.5. The highest BCUT2D eigenvalue weighted by atomic mass is 16.6. The first-order valence-corrected chi connectivity index (χ1v) is 5.38. The predicted molar refractivity (Wildman–Crippen MR) is 65.7 cm³/mol. The van der Waals surface area contributed by atoms with Gasteiger partial charge in [0.05, 0.1) is 10.8 Å². The van der Waals surface area contributed by atoms with Crippen LogP contribution in [0.5, 0.6) is 0 Å². The number of carboxylic acid groups (broad SMARTS) is 1. The number of hydrogen-bond donors (Lipinski definition) is 1. The van der Waals surface area contributed by atoms with Crippen molar-refractivity contribution in [2.75, 3.05) is 18.5 Å². The summed E-state index contributed by atoms with van der Waals surface area (Å²) in [6.45, 7) is 3.41. The fourth-order valence-corrected chi connectivity index (χ4v) is 1.55. The van der Waals surface area contributed by atoms with E-state index in [0.29, 0.717) is 5.56 Å². The van der Waals surface area contributed by atoms with Gasteiger partial charge in [-0.2, -0.15) is 0 Å². The summed E-state index contributed by atoms with van der Waals surface area (Å²) in [5, 5.41) is 19.7. The topological polar surface area (TPSA) is 96.6 Å². The molecule has 0 bridgehead atoms. The van der Waals surface area contributed by atoms with Crippen LogP contribution >= 0.6 is 0 Å². The first-order chi connectivity index (χ1) is 8.32. The highest BCUT2D eigenvalue weighted by Gasteiger charge is 2.22. The fourth-order valence-electron chi connectivity index (χ4n) is 1.55. The van der Waals surface area contributed by atoms with E-state index in [-0.39, 0.29) is 18.1 Å². The molecule has 0 fully saturated rings. The number of carbonyl (C=O) groups is 1. The Morgan fingerprint density at radius 1 is 1.67 bits per heavy atom. The number of pyridine rings is 1. The van der Waals surface area contributed by atoms with Gasteiger partial charge in [0.2, 0.25) is 5.82 Å². The lowest BCUT2D eigenvalue weighted by molar-refractivity contribution is -0.384. The molecule has 0 aromatic carbocycles. The summed E-state index contributed by atoms with van der Waals surface area (Å²) in [4.78, 5) is 26.6. The molecule has 0 aliphatic carbocycles. The maximum atomic E-state index is 10.9. The van der Waals surface area contributed by atoms with Crippen LogP contribution < -0.4 is 4.90 Å². The number of carboxylic acids is 1. The molecule has 1 N–H and O–H groups in total. The SMILES string of the molecule is Cc1cnc(N(C)CC(C)C(=O)O)c([N+](=O)[O-])c1. The molecule has 0 amide bonds. The standard InChI is InChI=1S/C11H15N3O4/c1-7-4-9(14(17)18)10(12-5-7)13(3)6-8(2)11(15)16/h4-5,8H,6H2,1-3H3,(H,15,16). The highest BCUT2D eigenvalue weighted by Crippen LogP contribution is 2.25. The summed E-state index contributed by atoms with van der Waals surface area (Å²) in [5.74, 6) is -1.40. The molecule has 1 rings (SSSR count). The third-order valence-electron chi connectivity index (χ3n) is 2.51. The van der Waals surface area contributed by atoms with Crippen molar-refractivity contribution in [1.82, 2.24) is 4.98 Å². The van der Waals surface area contributed by atoms with Crippen molar-refractivity contribution in [2.45, 2.75) is 13.8 Å². The third-order valence-corrected chi connectivity index (χ3v) is 2.51. The molecule has 1 heterocycles. The fraction of sp³-hybridized carbons (Fsp3) is 0.455. The number of rotatable bonds is 5. The minimum absolute atomic E-state index is 0.116. The Labute approximate surface area is 104 Å². The van der Waals surface area contributed by atoms with E-state index in [1.54, 1.807) is 20.9 Å². The van der Waals surface area contributed by atoms with Crippen LogP contribution in [0.1, 0.15) is 12.5 Å². The normalized spacial score (nSPS) is 11.9. The number of nitro groups is 1. The van der Waals surface area contributed by atoms with Gasteiger partial charge in [-0.1, -0.05) is 6.92 Å². The molecule has 0 aliphatic heterocycles. The lowest BCUT2D eigenvalue weighted by atomic mass is 10.1. The minimum Gasteiger partial charge on any atom is -0.481 e. The molecule has 0 saturated carbocycles. The van der Waals surface area contributed by atoms with E-state index in [0.717, 1.165) is 0 Å². The zero-order valence-electron chi connectivity index (χ0n) is 10.5. The Bertz CT molecular complexity index is 475. The number of aryl methyl sites for hydroxylation is 1. The summed E-state index contributed by atoms with van der Waals surface area (Å²) in [6, 6.07) is 1.42. The van der Waals surface area contributed by atoms with E-state index in [1.807, 2.05) is 0 Å². The van der Waals surface area contributed by atoms with Crippen molar-refractivity contribution >= 4 is 17.5 Å². The van der Waals surface area contributed by atoms with E-state index in [2.05, 4.69) is 4.98 Å². The van der Waals surface area contributed by atoms with E-state index < -0.39 is 16.8 Å². The lowest BCUT2D eigenvalue weighted by Crippen LogP contribution is -2.29. The average molecular weight is 253 g/mol. The molecule has 1 aromatic rings. The van der Waals surface area contributed by atoms with Crippen LogP contribution in [0.4, 0.5) is 11.5 Å². The van der Waals surface area contributed by atoms with Gasteiger partial charge in [-0.05, 0) is 12.5 Å². The molecule has 1 atom stereocenters. The smallest absolute Gasteiger partial charge is 0.311 e. The monoisotopic (exact) mass is 253 g/mol. The second-order valence-corrected chi connectivity index (χ2v) is 4.23. The number of nitrogens with zero attached hydrogens (tertiary/aromatic N) is 3. The minimum atomic E-state index is -0.948. The summed E-state index contributed by atoms with van der Waals surface area (Å²) in [5.41, 5.74) is 0.570. The summed E-state index contributed by atoms with van der Waals surface area (Å²) >= 11 is 0. The molecule has 18 heavy (non-hydrogen) atoms.